The lowest BCUT2D eigenvalue weighted by Gasteiger charge is -2.37. The Morgan fingerprint density at radius 3 is 2.86 bits per heavy atom. The van der Waals surface area contributed by atoms with Crippen LogP contribution >= 0.6 is 15.9 Å². The Balaban J connectivity index is 1.46. The zero-order valence-corrected chi connectivity index (χ0v) is 17.4. The molecule has 7 heteroatoms. The molecule has 0 spiro atoms. The highest BCUT2D eigenvalue weighted by atomic mass is 79.9. The molecule has 4 rings (SSSR count). The lowest BCUT2D eigenvalue weighted by molar-refractivity contribution is -0.127. The van der Waals surface area contributed by atoms with E-state index in [2.05, 4.69) is 38.1 Å². The normalized spacial score (nSPS) is 21.9. The molecule has 0 radical (unpaired) electrons. The van der Waals surface area contributed by atoms with E-state index in [9.17, 15) is 9.59 Å². The number of hydrogen-bond donors (Lipinski definition) is 1. The molecule has 2 fully saturated rings. The molecular formula is C21H23BrN4O2. The van der Waals surface area contributed by atoms with Gasteiger partial charge < -0.3 is 10.2 Å². The van der Waals surface area contributed by atoms with Crippen LogP contribution in [0.2, 0.25) is 0 Å². The Kier molecular flexibility index (Phi) is 5.44. The maximum atomic E-state index is 12.8. The van der Waals surface area contributed by atoms with Gasteiger partial charge in [0.15, 0.2) is 0 Å². The van der Waals surface area contributed by atoms with Crippen LogP contribution in [-0.4, -0.2) is 45.8 Å². The number of amides is 2. The number of fused-ring (bicyclic) bond motifs is 1. The first-order chi connectivity index (χ1) is 13.5. The highest BCUT2D eigenvalue weighted by Crippen LogP contribution is 2.26. The standard InChI is InChI=1S/C21H23BrN4O2/c1-13-7-8-26(19(27)9-14-3-2-4-14)12-18(13)25-21(28)17-6-5-15-10-23-11-16(22)20(15)24-17/h5-6,9-11,13,18H,2-4,7-8,12H2,1H3,(H,25,28). The van der Waals surface area contributed by atoms with Crippen molar-refractivity contribution in [3.05, 3.63) is 46.3 Å². The third-order valence-electron chi connectivity index (χ3n) is 5.70. The van der Waals surface area contributed by atoms with E-state index >= 15 is 0 Å². The second-order valence-corrected chi connectivity index (χ2v) is 8.53. The van der Waals surface area contributed by atoms with E-state index in [1.54, 1.807) is 24.5 Å². The van der Waals surface area contributed by atoms with Gasteiger partial charge in [-0.05, 0) is 59.7 Å². The van der Waals surface area contributed by atoms with Gasteiger partial charge in [0.25, 0.3) is 5.91 Å². The number of hydrogen-bond acceptors (Lipinski definition) is 4. The SMILES string of the molecule is CC1CCN(C(=O)C=C2CCC2)CC1NC(=O)c1ccc2cncc(Br)c2n1. The zero-order chi connectivity index (χ0) is 19.7. The van der Waals surface area contributed by atoms with Crippen molar-refractivity contribution in [1.82, 2.24) is 20.2 Å². The Hall–Kier alpha value is -2.28. The van der Waals surface area contributed by atoms with Crippen molar-refractivity contribution in [1.29, 1.82) is 0 Å². The molecule has 1 aliphatic heterocycles. The third-order valence-corrected chi connectivity index (χ3v) is 6.28. The van der Waals surface area contributed by atoms with Crippen LogP contribution in [0.25, 0.3) is 10.9 Å². The third kappa shape index (κ3) is 3.94. The van der Waals surface area contributed by atoms with Crippen molar-refractivity contribution in [3.63, 3.8) is 0 Å². The predicted molar refractivity (Wildman–Crippen MR) is 111 cm³/mol. The number of aromatic nitrogens is 2. The fraction of sp³-hybridized carbons (Fsp3) is 0.429. The van der Waals surface area contributed by atoms with Gasteiger partial charge in [-0.2, -0.15) is 0 Å². The zero-order valence-electron chi connectivity index (χ0n) is 15.8. The second kappa shape index (κ2) is 7.99. The number of rotatable bonds is 3. The van der Waals surface area contributed by atoms with Gasteiger partial charge in [-0.15, -0.1) is 0 Å². The van der Waals surface area contributed by atoms with E-state index in [1.165, 1.54) is 12.0 Å². The van der Waals surface area contributed by atoms with Gasteiger partial charge in [0.1, 0.15) is 5.69 Å². The molecule has 2 aliphatic rings. The molecule has 2 unspecified atom stereocenters. The molecule has 28 heavy (non-hydrogen) atoms. The number of piperidine rings is 1. The van der Waals surface area contributed by atoms with Gasteiger partial charge in [-0.3, -0.25) is 14.6 Å². The Labute approximate surface area is 172 Å². The summed E-state index contributed by atoms with van der Waals surface area (Å²) in [6.45, 7) is 3.40. The highest BCUT2D eigenvalue weighted by molar-refractivity contribution is 9.10. The lowest BCUT2D eigenvalue weighted by Crippen LogP contribution is -2.53. The number of halogens is 1. The molecule has 2 amide bonds. The largest absolute Gasteiger partial charge is 0.346 e. The molecule has 0 bridgehead atoms. The minimum Gasteiger partial charge on any atom is -0.346 e. The summed E-state index contributed by atoms with van der Waals surface area (Å²) in [5.74, 6) is 0.163. The van der Waals surface area contributed by atoms with E-state index < -0.39 is 0 Å². The highest BCUT2D eigenvalue weighted by Gasteiger charge is 2.30. The first-order valence-corrected chi connectivity index (χ1v) is 10.5. The summed E-state index contributed by atoms with van der Waals surface area (Å²) in [6, 6.07) is 3.48. The monoisotopic (exact) mass is 442 g/mol. The van der Waals surface area contributed by atoms with Crippen LogP contribution in [0.4, 0.5) is 0 Å². The predicted octanol–water partition coefficient (Wildman–Crippen LogP) is 3.47. The lowest BCUT2D eigenvalue weighted by atomic mass is 9.91. The molecule has 0 aromatic carbocycles. The average molecular weight is 443 g/mol. The number of carbonyl (C=O) groups is 2. The minimum absolute atomic E-state index is 0.0705. The van der Waals surface area contributed by atoms with Crippen LogP contribution in [0.1, 0.15) is 43.1 Å². The summed E-state index contributed by atoms with van der Waals surface area (Å²) in [5, 5.41) is 3.96. The first-order valence-electron chi connectivity index (χ1n) is 9.71. The minimum atomic E-state index is -0.214. The molecule has 2 aromatic rings. The molecule has 1 saturated carbocycles. The second-order valence-electron chi connectivity index (χ2n) is 7.68. The van der Waals surface area contributed by atoms with Crippen molar-refractivity contribution < 1.29 is 9.59 Å². The summed E-state index contributed by atoms with van der Waals surface area (Å²) in [7, 11) is 0. The number of nitrogens with one attached hydrogen (secondary N) is 1. The Morgan fingerprint density at radius 2 is 2.11 bits per heavy atom. The summed E-state index contributed by atoms with van der Waals surface area (Å²) in [6.07, 6.45) is 9.30. The Morgan fingerprint density at radius 1 is 1.29 bits per heavy atom. The smallest absolute Gasteiger partial charge is 0.270 e. The van der Waals surface area contributed by atoms with Gasteiger partial charge in [-0.25, -0.2) is 4.98 Å². The molecule has 6 nitrogen and oxygen atoms in total. The fourth-order valence-corrected chi connectivity index (χ4v) is 4.06. The quantitative estimate of drug-likeness (QED) is 0.738. The van der Waals surface area contributed by atoms with E-state index in [4.69, 9.17) is 0 Å². The molecule has 3 heterocycles. The van der Waals surface area contributed by atoms with Gasteiger partial charge in [-0.1, -0.05) is 12.5 Å². The first kappa shape index (κ1) is 19.1. The van der Waals surface area contributed by atoms with Crippen molar-refractivity contribution >= 4 is 38.6 Å². The molecule has 1 aliphatic carbocycles. The van der Waals surface area contributed by atoms with Crippen LogP contribution < -0.4 is 5.32 Å². The number of allylic oxidation sites excluding steroid dienone is 1. The average Bonchev–Trinajstić information content (AvgIpc) is 2.66. The summed E-state index contributed by atoms with van der Waals surface area (Å²) in [5.41, 5.74) is 2.32. The van der Waals surface area contributed by atoms with Crippen molar-refractivity contribution in [3.8, 4) is 0 Å². The fourth-order valence-electron chi connectivity index (χ4n) is 3.63. The van der Waals surface area contributed by atoms with Gasteiger partial charge in [0, 0.05) is 43.0 Å². The molecule has 146 valence electrons. The van der Waals surface area contributed by atoms with Crippen LogP contribution in [0.5, 0.6) is 0 Å². The van der Waals surface area contributed by atoms with Gasteiger partial charge in [0.2, 0.25) is 5.91 Å². The molecular weight excluding hydrogens is 420 g/mol. The summed E-state index contributed by atoms with van der Waals surface area (Å²) < 4.78 is 0.756. The van der Waals surface area contributed by atoms with Crippen LogP contribution in [0, 0.1) is 5.92 Å². The van der Waals surface area contributed by atoms with E-state index in [-0.39, 0.29) is 17.9 Å². The maximum absolute atomic E-state index is 12.8. The van der Waals surface area contributed by atoms with Crippen LogP contribution in [0.15, 0.2) is 40.6 Å². The molecule has 2 atom stereocenters. The maximum Gasteiger partial charge on any atom is 0.270 e. The Bertz CT molecular complexity index is 953. The molecule has 2 aromatic heterocycles. The molecule has 1 N–H and O–H groups in total. The van der Waals surface area contributed by atoms with Crippen molar-refractivity contribution in [2.75, 3.05) is 13.1 Å². The van der Waals surface area contributed by atoms with Crippen LogP contribution in [0.3, 0.4) is 0 Å². The number of carbonyl (C=O) groups excluding carboxylic acids is 2. The van der Waals surface area contributed by atoms with Gasteiger partial charge >= 0.3 is 0 Å². The number of pyridine rings is 2. The summed E-state index contributed by atoms with van der Waals surface area (Å²) in [4.78, 5) is 35.8. The molecule has 1 saturated heterocycles. The number of nitrogens with zero attached hydrogens (tertiary/aromatic N) is 3. The van der Waals surface area contributed by atoms with E-state index in [0.29, 0.717) is 23.7 Å². The van der Waals surface area contributed by atoms with E-state index in [0.717, 1.165) is 35.7 Å². The van der Waals surface area contributed by atoms with Gasteiger partial charge in [0.05, 0.1) is 9.99 Å². The topological polar surface area (TPSA) is 75.2 Å². The van der Waals surface area contributed by atoms with Crippen LogP contribution in [-0.2, 0) is 4.79 Å². The number of likely N-dealkylation sites (tertiary alicyclic amines) is 1. The van der Waals surface area contributed by atoms with Crippen molar-refractivity contribution in [2.45, 2.75) is 38.6 Å². The summed E-state index contributed by atoms with van der Waals surface area (Å²) >= 11 is 3.44. The van der Waals surface area contributed by atoms with Crippen molar-refractivity contribution in [2.24, 2.45) is 5.92 Å². The van der Waals surface area contributed by atoms with E-state index in [1.807, 2.05) is 11.0 Å².